The first-order chi connectivity index (χ1) is 8.56. The van der Waals surface area contributed by atoms with Crippen LogP contribution in [0, 0.1) is 0 Å². The van der Waals surface area contributed by atoms with E-state index in [1.807, 2.05) is 18.2 Å². The Bertz CT molecular complexity index is 575. The number of hydrogen-bond acceptors (Lipinski definition) is 2. The molecule has 2 nitrogen and oxygen atoms in total. The van der Waals surface area contributed by atoms with E-state index in [1.54, 1.807) is 12.1 Å². The van der Waals surface area contributed by atoms with Gasteiger partial charge in [-0.3, -0.25) is 0 Å². The van der Waals surface area contributed by atoms with Crippen molar-refractivity contribution in [1.29, 1.82) is 0 Å². The van der Waals surface area contributed by atoms with Gasteiger partial charge in [0.25, 0.3) is 0 Å². The number of benzene rings is 1. The molecule has 6 heteroatoms. The second kappa shape index (κ2) is 6.11. The summed E-state index contributed by atoms with van der Waals surface area (Å²) in [5.41, 5.74) is 1.62. The summed E-state index contributed by atoms with van der Waals surface area (Å²) in [5.74, 6) is 0. The molecule has 1 N–H and O–H groups in total. The molecule has 0 aliphatic carbocycles. The van der Waals surface area contributed by atoms with Gasteiger partial charge in [0.05, 0.1) is 33.0 Å². The molecule has 2 rings (SSSR count). The van der Waals surface area contributed by atoms with Crippen molar-refractivity contribution in [2.75, 3.05) is 5.32 Å². The minimum atomic E-state index is 0.438. The van der Waals surface area contributed by atoms with Crippen molar-refractivity contribution in [1.82, 2.24) is 4.98 Å². The second-order valence-electron chi connectivity index (χ2n) is 3.55. The van der Waals surface area contributed by atoms with E-state index in [9.17, 15) is 0 Å². The molecule has 0 amide bonds. The Hall–Kier alpha value is -0.480. The predicted molar refractivity (Wildman–Crippen MR) is 80.7 cm³/mol. The van der Waals surface area contributed by atoms with Crippen LogP contribution in [0.25, 0.3) is 0 Å². The van der Waals surface area contributed by atoms with Crippen LogP contribution in [0.2, 0.25) is 15.1 Å². The van der Waals surface area contributed by atoms with Crippen LogP contribution in [0.1, 0.15) is 5.69 Å². The highest BCUT2D eigenvalue weighted by molar-refractivity contribution is 9.10. The van der Waals surface area contributed by atoms with Gasteiger partial charge < -0.3 is 5.32 Å². The van der Waals surface area contributed by atoms with Crippen molar-refractivity contribution in [3.8, 4) is 0 Å². The lowest BCUT2D eigenvalue weighted by Crippen LogP contribution is -2.02. The Morgan fingerprint density at radius 3 is 2.50 bits per heavy atom. The van der Waals surface area contributed by atoms with Crippen LogP contribution in [0.3, 0.4) is 0 Å². The molecular formula is C12H8BrCl3N2. The number of nitrogens with one attached hydrogen (secondary N) is 1. The van der Waals surface area contributed by atoms with Gasteiger partial charge in [-0.25, -0.2) is 4.98 Å². The highest BCUT2D eigenvalue weighted by atomic mass is 79.9. The van der Waals surface area contributed by atoms with Gasteiger partial charge >= 0.3 is 0 Å². The van der Waals surface area contributed by atoms with E-state index in [0.717, 1.165) is 16.0 Å². The molecule has 0 saturated heterocycles. The van der Waals surface area contributed by atoms with Crippen LogP contribution in [0.4, 0.5) is 5.69 Å². The molecule has 18 heavy (non-hydrogen) atoms. The lowest BCUT2D eigenvalue weighted by Gasteiger charge is -2.09. The van der Waals surface area contributed by atoms with Crippen LogP contribution in [-0.2, 0) is 6.54 Å². The Morgan fingerprint density at radius 2 is 1.78 bits per heavy atom. The average molecular weight is 366 g/mol. The van der Waals surface area contributed by atoms with Crippen LogP contribution in [0.15, 0.2) is 34.9 Å². The van der Waals surface area contributed by atoms with Crippen molar-refractivity contribution >= 4 is 56.4 Å². The molecule has 0 fully saturated rings. The average Bonchev–Trinajstić information content (AvgIpc) is 2.32. The van der Waals surface area contributed by atoms with Crippen LogP contribution in [0.5, 0.6) is 0 Å². The van der Waals surface area contributed by atoms with Gasteiger partial charge in [-0.1, -0.05) is 40.9 Å². The molecule has 0 spiro atoms. The molecule has 0 unspecified atom stereocenters. The maximum atomic E-state index is 6.06. The first kappa shape index (κ1) is 13.9. The van der Waals surface area contributed by atoms with E-state index in [2.05, 4.69) is 26.2 Å². The summed E-state index contributed by atoms with van der Waals surface area (Å²) in [6.45, 7) is 0.553. The molecule has 1 heterocycles. The van der Waals surface area contributed by atoms with Crippen molar-refractivity contribution in [3.05, 3.63) is 55.7 Å². The molecule has 94 valence electrons. The van der Waals surface area contributed by atoms with E-state index in [1.165, 1.54) is 0 Å². The number of pyridine rings is 1. The fourth-order valence-electron chi connectivity index (χ4n) is 1.39. The van der Waals surface area contributed by atoms with Crippen LogP contribution < -0.4 is 5.32 Å². The second-order valence-corrected chi connectivity index (χ2v) is 5.59. The molecule has 1 aromatic heterocycles. The Labute approximate surface area is 128 Å². The molecule has 0 atom stereocenters. The van der Waals surface area contributed by atoms with Gasteiger partial charge in [-0.15, -0.1) is 0 Å². The standard InChI is InChI=1S/C12H8BrCl3N2/c13-12-3-1-2-7(18-12)6-17-11-5-9(15)8(14)4-10(11)16/h1-5,17H,6H2. The maximum Gasteiger partial charge on any atom is 0.106 e. The molecule has 0 saturated carbocycles. The van der Waals surface area contributed by atoms with Crippen LogP contribution >= 0.6 is 50.7 Å². The molecule has 0 aliphatic heterocycles. The summed E-state index contributed by atoms with van der Waals surface area (Å²) in [6, 6.07) is 9.02. The lowest BCUT2D eigenvalue weighted by atomic mass is 10.3. The van der Waals surface area contributed by atoms with Crippen molar-refractivity contribution < 1.29 is 0 Å². The third kappa shape index (κ3) is 3.51. The van der Waals surface area contributed by atoms with Crippen molar-refractivity contribution in [2.45, 2.75) is 6.54 Å². The number of rotatable bonds is 3. The lowest BCUT2D eigenvalue weighted by molar-refractivity contribution is 1.03. The molecular weight excluding hydrogens is 358 g/mol. The minimum absolute atomic E-state index is 0.438. The summed E-state index contributed by atoms with van der Waals surface area (Å²) >= 11 is 21.2. The van der Waals surface area contributed by atoms with Gasteiger partial charge in [0.1, 0.15) is 4.60 Å². The third-order valence-electron chi connectivity index (χ3n) is 2.24. The van der Waals surface area contributed by atoms with Crippen LogP contribution in [-0.4, -0.2) is 4.98 Å². The first-order valence-electron chi connectivity index (χ1n) is 5.06. The SMILES string of the molecule is Clc1cc(Cl)c(NCc2cccc(Br)n2)cc1Cl. The number of hydrogen-bond donors (Lipinski definition) is 1. The van der Waals surface area contributed by atoms with E-state index < -0.39 is 0 Å². The monoisotopic (exact) mass is 364 g/mol. The molecule has 0 aliphatic rings. The summed E-state index contributed by atoms with van der Waals surface area (Å²) in [6.07, 6.45) is 0. The predicted octanol–water partition coefficient (Wildman–Crippen LogP) is 5.42. The Morgan fingerprint density at radius 1 is 1.06 bits per heavy atom. The minimum Gasteiger partial charge on any atom is -0.378 e. The highest BCUT2D eigenvalue weighted by Crippen LogP contribution is 2.32. The summed E-state index contributed by atoms with van der Waals surface area (Å²) in [4.78, 5) is 4.31. The van der Waals surface area contributed by atoms with E-state index in [0.29, 0.717) is 21.6 Å². The molecule has 0 radical (unpaired) electrons. The van der Waals surface area contributed by atoms with E-state index in [-0.39, 0.29) is 0 Å². The summed E-state index contributed by atoms with van der Waals surface area (Å²) < 4.78 is 0.794. The summed E-state index contributed by atoms with van der Waals surface area (Å²) in [7, 11) is 0. The molecule has 0 bridgehead atoms. The zero-order valence-corrected chi connectivity index (χ0v) is 12.9. The van der Waals surface area contributed by atoms with Crippen molar-refractivity contribution in [3.63, 3.8) is 0 Å². The summed E-state index contributed by atoms with van der Waals surface area (Å²) in [5, 5.41) is 4.59. The molecule has 2 aromatic rings. The number of anilines is 1. The Kier molecular flexibility index (Phi) is 4.73. The zero-order valence-electron chi connectivity index (χ0n) is 9.05. The van der Waals surface area contributed by atoms with Crippen molar-refractivity contribution in [2.24, 2.45) is 0 Å². The smallest absolute Gasteiger partial charge is 0.106 e. The topological polar surface area (TPSA) is 24.9 Å². The zero-order chi connectivity index (χ0) is 13.1. The maximum absolute atomic E-state index is 6.06. The number of halogens is 4. The fourth-order valence-corrected chi connectivity index (χ4v) is 2.39. The fraction of sp³-hybridized carbons (Fsp3) is 0.0833. The van der Waals surface area contributed by atoms with E-state index >= 15 is 0 Å². The molecule has 1 aromatic carbocycles. The van der Waals surface area contributed by atoms with Gasteiger partial charge in [0.2, 0.25) is 0 Å². The number of aromatic nitrogens is 1. The largest absolute Gasteiger partial charge is 0.378 e. The number of nitrogens with zero attached hydrogens (tertiary/aromatic N) is 1. The Balaban J connectivity index is 2.13. The van der Waals surface area contributed by atoms with Gasteiger partial charge in [-0.05, 0) is 40.2 Å². The quantitative estimate of drug-likeness (QED) is 0.580. The first-order valence-corrected chi connectivity index (χ1v) is 6.99. The van der Waals surface area contributed by atoms with Gasteiger partial charge in [-0.2, -0.15) is 0 Å². The van der Waals surface area contributed by atoms with E-state index in [4.69, 9.17) is 34.8 Å². The van der Waals surface area contributed by atoms with Gasteiger partial charge in [0.15, 0.2) is 0 Å². The third-order valence-corrected chi connectivity index (χ3v) is 3.72. The highest BCUT2D eigenvalue weighted by Gasteiger charge is 2.06. The van der Waals surface area contributed by atoms with Gasteiger partial charge in [0, 0.05) is 0 Å². The normalized spacial score (nSPS) is 10.4.